The van der Waals surface area contributed by atoms with Crippen LogP contribution in [0.2, 0.25) is 0 Å². The molecule has 1 aromatic carbocycles. The van der Waals surface area contributed by atoms with Crippen LogP contribution in [0.25, 0.3) is 21.3 Å². The highest BCUT2D eigenvalue weighted by molar-refractivity contribution is 7.18. The van der Waals surface area contributed by atoms with Crippen molar-refractivity contribution in [3.05, 3.63) is 40.4 Å². The van der Waals surface area contributed by atoms with E-state index in [2.05, 4.69) is 29.0 Å². The zero-order chi connectivity index (χ0) is 20.0. The summed E-state index contributed by atoms with van der Waals surface area (Å²) in [6.45, 7) is 10.2. The fourth-order valence-corrected chi connectivity index (χ4v) is 4.72. The van der Waals surface area contributed by atoms with E-state index in [1.807, 2.05) is 25.1 Å². The molecule has 4 heterocycles. The fourth-order valence-electron chi connectivity index (χ4n) is 3.67. The molecule has 0 bridgehead atoms. The molecule has 1 aliphatic heterocycles. The van der Waals surface area contributed by atoms with Crippen molar-refractivity contribution in [1.82, 2.24) is 19.9 Å². The molecule has 0 saturated carbocycles. The molecule has 150 valence electrons. The van der Waals surface area contributed by atoms with E-state index in [0.29, 0.717) is 5.89 Å². The van der Waals surface area contributed by atoms with Crippen molar-refractivity contribution in [1.29, 1.82) is 0 Å². The Bertz CT molecular complexity index is 1190. The standard InChI is InChI=1S/C21H23N5O2S/c1-12-13(2)29-21-19(12)20(24-18(25-21)11-26-6-8-27-9-7-26)23-15-4-5-17-16(10-15)22-14(3)28-17/h4-5,10H,6-9,11H2,1-3H3,(H,23,24,25). The molecule has 1 N–H and O–H groups in total. The quantitative estimate of drug-likeness (QED) is 0.537. The minimum atomic E-state index is 0.665. The summed E-state index contributed by atoms with van der Waals surface area (Å²) in [6, 6.07) is 5.93. The Hall–Kier alpha value is -2.55. The number of benzene rings is 1. The number of rotatable bonds is 4. The topological polar surface area (TPSA) is 76.3 Å². The van der Waals surface area contributed by atoms with Crippen molar-refractivity contribution >= 4 is 44.2 Å². The molecule has 0 atom stereocenters. The van der Waals surface area contributed by atoms with Gasteiger partial charge in [0.15, 0.2) is 11.5 Å². The van der Waals surface area contributed by atoms with Crippen LogP contribution in [-0.2, 0) is 11.3 Å². The van der Waals surface area contributed by atoms with Crippen molar-refractivity contribution in [2.75, 3.05) is 31.6 Å². The van der Waals surface area contributed by atoms with Crippen molar-refractivity contribution in [2.45, 2.75) is 27.3 Å². The number of hydrogen-bond donors (Lipinski definition) is 1. The second kappa shape index (κ2) is 7.37. The third-order valence-electron chi connectivity index (χ3n) is 5.30. The summed E-state index contributed by atoms with van der Waals surface area (Å²) in [4.78, 5) is 18.8. The lowest BCUT2D eigenvalue weighted by atomic mass is 10.2. The van der Waals surface area contributed by atoms with Crippen LogP contribution in [0, 0.1) is 20.8 Å². The van der Waals surface area contributed by atoms with Crippen LogP contribution in [0.5, 0.6) is 0 Å². The number of ether oxygens (including phenoxy) is 1. The van der Waals surface area contributed by atoms with Gasteiger partial charge in [-0.15, -0.1) is 11.3 Å². The van der Waals surface area contributed by atoms with Crippen LogP contribution in [0.3, 0.4) is 0 Å². The van der Waals surface area contributed by atoms with Crippen LogP contribution < -0.4 is 5.32 Å². The van der Waals surface area contributed by atoms with Gasteiger partial charge in [0.05, 0.1) is 25.1 Å². The first-order valence-electron chi connectivity index (χ1n) is 9.78. The monoisotopic (exact) mass is 409 g/mol. The Labute approximate surface area is 172 Å². The van der Waals surface area contributed by atoms with E-state index >= 15 is 0 Å². The smallest absolute Gasteiger partial charge is 0.192 e. The Morgan fingerprint density at radius 2 is 1.93 bits per heavy atom. The molecule has 0 amide bonds. The molecular weight excluding hydrogens is 386 g/mol. The Morgan fingerprint density at radius 3 is 2.76 bits per heavy atom. The van der Waals surface area contributed by atoms with Gasteiger partial charge in [-0.2, -0.15) is 0 Å². The number of thiophene rings is 1. The molecule has 1 aliphatic rings. The van der Waals surface area contributed by atoms with Gasteiger partial charge in [-0.1, -0.05) is 0 Å². The zero-order valence-corrected chi connectivity index (χ0v) is 17.6. The van der Waals surface area contributed by atoms with Gasteiger partial charge < -0.3 is 14.5 Å². The van der Waals surface area contributed by atoms with Crippen LogP contribution in [-0.4, -0.2) is 46.2 Å². The summed E-state index contributed by atoms with van der Waals surface area (Å²) in [5.41, 5.74) is 3.79. The lowest BCUT2D eigenvalue weighted by molar-refractivity contribution is 0.0331. The van der Waals surface area contributed by atoms with Crippen molar-refractivity contribution in [2.24, 2.45) is 0 Å². The van der Waals surface area contributed by atoms with Gasteiger partial charge in [0.1, 0.15) is 22.0 Å². The van der Waals surface area contributed by atoms with E-state index < -0.39 is 0 Å². The van der Waals surface area contributed by atoms with Gasteiger partial charge in [-0.05, 0) is 37.6 Å². The Kier molecular flexibility index (Phi) is 4.69. The average molecular weight is 410 g/mol. The highest BCUT2D eigenvalue weighted by atomic mass is 32.1. The molecule has 7 nitrogen and oxygen atoms in total. The summed E-state index contributed by atoms with van der Waals surface area (Å²) in [5.74, 6) is 2.35. The highest BCUT2D eigenvalue weighted by Gasteiger charge is 2.18. The van der Waals surface area contributed by atoms with Crippen molar-refractivity contribution in [3.63, 3.8) is 0 Å². The van der Waals surface area contributed by atoms with Crippen LogP contribution in [0.4, 0.5) is 11.5 Å². The Balaban J connectivity index is 1.54. The second-order valence-corrected chi connectivity index (χ2v) is 8.58. The van der Waals surface area contributed by atoms with Crippen LogP contribution in [0.15, 0.2) is 22.6 Å². The minimum absolute atomic E-state index is 0.665. The van der Waals surface area contributed by atoms with Gasteiger partial charge in [0, 0.05) is 30.6 Å². The molecule has 3 aromatic heterocycles. The number of hydrogen-bond acceptors (Lipinski definition) is 8. The van der Waals surface area contributed by atoms with E-state index in [0.717, 1.165) is 71.5 Å². The number of morpholine rings is 1. The maximum Gasteiger partial charge on any atom is 0.192 e. The first-order chi connectivity index (χ1) is 14.1. The number of fused-ring (bicyclic) bond motifs is 2. The van der Waals surface area contributed by atoms with Gasteiger partial charge in [0.25, 0.3) is 0 Å². The number of nitrogens with one attached hydrogen (secondary N) is 1. The summed E-state index contributed by atoms with van der Waals surface area (Å²) in [7, 11) is 0. The molecule has 0 radical (unpaired) electrons. The average Bonchev–Trinajstić information content (AvgIpc) is 3.20. The van der Waals surface area contributed by atoms with Gasteiger partial charge in [0.2, 0.25) is 0 Å². The molecule has 4 aromatic rings. The number of oxazole rings is 1. The second-order valence-electron chi connectivity index (χ2n) is 7.38. The van der Waals surface area contributed by atoms with E-state index in [9.17, 15) is 0 Å². The third-order valence-corrected chi connectivity index (χ3v) is 6.40. The van der Waals surface area contributed by atoms with Gasteiger partial charge in [-0.25, -0.2) is 15.0 Å². The van der Waals surface area contributed by atoms with E-state index in [1.54, 1.807) is 11.3 Å². The third kappa shape index (κ3) is 3.59. The van der Waals surface area contributed by atoms with Gasteiger partial charge in [-0.3, -0.25) is 4.90 Å². The molecule has 8 heteroatoms. The van der Waals surface area contributed by atoms with Gasteiger partial charge >= 0.3 is 0 Å². The first kappa shape index (κ1) is 18.5. The maximum atomic E-state index is 5.59. The largest absolute Gasteiger partial charge is 0.441 e. The highest BCUT2D eigenvalue weighted by Crippen LogP contribution is 2.35. The predicted molar refractivity (Wildman–Crippen MR) is 115 cm³/mol. The molecule has 1 fully saturated rings. The fraction of sp³-hybridized carbons (Fsp3) is 0.381. The number of nitrogens with zero attached hydrogens (tertiary/aromatic N) is 4. The number of aromatic nitrogens is 3. The number of aryl methyl sites for hydroxylation is 3. The normalized spacial score (nSPS) is 15.4. The predicted octanol–water partition coefficient (Wildman–Crippen LogP) is 4.33. The Morgan fingerprint density at radius 1 is 1.10 bits per heavy atom. The van der Waals surface area contributed by atoms with Crippen molar-refractivity contribution in [3.8, 4) is 0 Å². The lowest BCUT2D eigenvalue weighted by Crippen LogP contribution is -2.36. The van der Waals surface area contributed by atoms with E-state index in [1.165, 1.54) is 10.4 Å². The molecule has 0 unspecified atom stereocenters. The van der Waals surface area contributed by atoms with Crippen LogP contribution in [0.1, 0.15) is 22.2 Å². The van der Waals surface area contributed by atoms with E-state index in [-0.39, 0.29) is 0 Å². The summed E-state index contributed by atoms with van der Waals surface area (Å²) < 4.78 is 11.1. The molecule has 29 heavy (non-hydrogen) atoms. The summed E-state index contributed by atoms with van der Waals surface area (Å²) in [5, 5.41) is 4.60. The molecule has 0 spiro atoms. The number of anilines is 2. The maximum absolute atomic E-state index is 5.59. The molecule has 1 saturated heterocycles. The van der Waals surface area contributed by atoms with Crippen LogP contribution >= 0.6 is 11.3 Å². The minimum Gasteiger partial charge on any atom is -0.441 e. The van der Waals surface area contributed by atoms with Crippen molar-refractivity contribution < 1.29 is 9.15 Å². The lowest BCUT2D eigenvalue weighted by Gasteiger charge is -2.25. The summed E-state index contributed by atoms with van der Waals surface area (Å²) in [6.07, 6.45) is 0. The molecular formula is C21H23N5O2S. The zero-order valence-electron chi connectivity index (χ0n) is 16.8. The summed E-state index contributed by atoms with van der Waals surface area (Å²) >= 11 is 1.72. The molecule has 5 rings (SSSR count). The SMILES string of the molecule is Cc1nc2cc(Nc3nc(CN4CCOCC4)nc4sc(C)c(C)c34)ccc2o1. The van der Waals surface area contributed by atoms with E-state index in [4.69, 9.17) is 19.1 Å². The first-order valence-corrected chi connectivity index (χ1v) is 10.6. The molecule has 0 aliphatic carbocycles.